The van der Waals surface area contributed by atoms with Crippen LogP contribution in [0.5, 0.6) is 0 Å². The molecule has 0 saturated carbocycles. The largest absolute Gasteiger partial charge is 0.474 e. The predicted octanol–water partition coefficient (Wildman–Crippen LogP) is 1.04. The highest BCUT2D eigenvalue weighted by atomic mass is 35.5. The first-order valence-electron chi connectivity index (χ1n) is 3.85. The molecule has 1 rings (SSSR count). The number of amides is 1. The summed E-state index contributed by atoms with van der Waals surface area (Å²) in [5, 5.41) is 11.1. The average molecular weight is 214 g/mol. The number of benzene rings is 1. The molecule has 0 unspecified atom stereocenters. The minimum atomic E-state index is -1.49. The van der Waals surface area contributed by atoms with Gasteiger partial charge < -0.3 is 10.4 Å². The second-order valence-electron chi connectivity index (χ2n) is 2.62. The lowest BCUT2D eigenvalue weighted by molar-refractivity contribution is -0.150. The Hall–Kier alpha value is -1.55. The molecule has 0 saturated heterocycles. The molecule has 0 heterocycles. The van der Waals surface area contributed by atoms with Crippen molar-refractivity contribution in [1.29, 1.82) is 0 Å². The fourth-order valence-electron chi connectivity index (χ4n) is 0.905. The maximum Gasteiger partial charge on any atom is 0.394 e. The monoisotopic (exact) mass is 213 g/mol. The third-order valence-corrected chi connectivity index (χ3v) is 1.77. The zero-order chi connectivity index (χ0) is 10.6. The summed E-state index contributed by atoms with van der Waals surface area (Å²) in [6, 6.07) is 6.83. The van der Waals surface area contributed by atoms with E-state index in [2.05, 4.69) is 5.32 Å². The van der Waals surface area contributed by atoms with E-state index in [4.69, 9.17) is 16.7 Å². The molecule has 2 N–H and O–H groups in total. The Balaban J connectivity index is 2.54. The van der Waals surface area contributed by atoms with Crippen LogP contribution in [-0.4, -0.2) is 17.0 Å². The number of carboxylic acid groups (broad SMARTS) is 1. The number of halogens is 1. The van der Waals surface area contributed by atoms with Crippen molar-refractivity contribution in [2.24, 2.45) is 0 Å². The lowest BCUT2D eigenvalue weighted by atomic mass is 10.2. The van der Waals surface area contributed by atoms with Crippen LogP contribution in [0.3, 0.4) is 0 Å². The Kier molecular flexibility index (Phi) is 3.48. The van der Waals surface area contributed by atoms with E-state index in [0.29, 0.717) is 5.02 Å². The fraction of sp³-hybridized carbons (Fsp3) is 0.111. The lowest BCUT2D eigenvalue weighted by Gasteiger charge is -2.02. The number of carbonyl (C=O) groups excluding carboxylic acids is 1. The molecule has 1 amide bonds. The Bertz CT molecular complexity index is 365. The number of carboxylic acids is 1. The maximum atomic E-state index is 10.7. The lowest BCUT2D eigenvalue weighted by Crippen LogP contribution is -2.29. The Morgan fingerprint density at radius 3 is 2.71 bits per heavy atom. The summed E-state index contributed by atoms with van der Waals surface area (Å²) in [5.74, 6) is -2.52. The smallest absolute Gasteiger partial charge is 0.394 e. The third kappa shape index (κ3) is 3.06. The third-order valence-electron chi connectivity index (χ3n) is 1.54. The van der Waals surface area contributed by atoms with Crippen molar-refractivity contribution in [3.05, 3.63) is 34.9 Å². The molecule has 1 aromatic carbocycles. The molecular formula is C9H8ClNO3. The van der Waals surface area contributed by atoms with Crippen molar-refractivity contribution < 1.29 is 14.7 Å². The number of nitrogens with one attached hydrogen (secondary N) is 1. The minimum absolute atomic E-state index is 0.158. The van der Waals surface area contributed by atoms with Crippen LogP contribution in [0.1, 0.15) is 5.56 Å². The molecule has 74 valence electrons. The van der Waals surface area contributed by atoms with E-state index in [9.17, 15) is 9.59 Å². The van der Waals surface area contributed by atoms with Crippen molar-refractivity contribution in [3.63, 3.8) is 0 Å². The highest BCUT2D eigenvalue weighted by Crippen LogP contribution is 2.09. The quantitative estimate of drug-likeness (QED) is 0.722. The first-order valence-corrected chi connectivity index (χ1v) is 4.23. The molecule has 0 fully saturated rings. The van der Waals surface area contributed by atoms with Gasteiger partial charge in [-0.15, -0.1) is 0 Å². The van der Waals surface area contributed by atoms with Gasteiger partial charge in [0.15, 0.2) is 0 Å². The number of hydrogen-bond donors (Lipinski definition) is 2. The van der Waals surface area contributed by atoms with Crippen LogP contribution < -0.4 is 5.32 Å². The zero-order valence-corrected chi connectivity index (χ0v) is 7.91. The second kappa shape index (κ2) is 4.62. The van der Waals surface area contributed by atoms with Gasteiger partial charge in [0, 0.05) is 11.6 Å². The van der Waals surface area contributed by atoms with Crippen LogP contribution in [0.25, 0.3) is 0 Å². The summed E-state index contributed by atoms with van der Waals surface area (Å²) in [7, 11) is 0. The van der Waals surface area contributed by atoms with Crippen LogP contribution in [0.15, 0.2) is 24.3 Å². The Morgan fingerprint density at radius 1 is 1.43 bits per heavy atom. The molecule has 5 heteroatoms. The molecule has 4 nitrogen and oxygen atoms in total. The molecule has 0 bridgehead atoms. The molecule has 1 aromatic rings. The van der Waals surface area contributed by atoms with Gasteiger partial charge in [0.1, 0.15) is 0 Å². The minimum Gasteiger partial charge on any atom is -0.474 e. The average Bonchev–Trinajstić information content (AvgIpc) is 2.14. The van der Waals surface area contributed by atoms with Crippen LogP contribution in [0.2, 0.25) is 5.02 Å². The predicted molar refractivity (Wildman–Crippen MR) is 50.9 cm³/mol. The summed E-state index contributed by atoms with van der Waals surface area (Å²) in [6.07, 6.45) is 0. The van der Waals surface area contributed by atoms with E-state index < -0.39 is 11.9 Å². The SMILES string of the molecule is O=C(O)C(=O)NCc1cccc(Cl)c1. The van der Waals surface area contributed by atoms with E-state index in [1.54, 1.807) is 24.3 Å². The van der Waals surface area contributed by atoms with E-state index in [-0.39, 0.29) is 6.54 Å². The van der Waals surface area contributed by atoms with Crippen LogP contribution in [0.4, 0.5) is 0 Å². The van der Waals surface area contributed by atoms with Crippen molar-refractivity contribution in [2.45, 2.75) is 6.54 Å². The van der Waals surface area contributed by atoms with Crippen molar-refractivity contribution in [3.8, 4) is 0 Å². The number of carbonyl (C=O) groups is 2. The van der Waals surface area contributed by atoms with Gasteiger partial charge in [-0.1, -0.05) is 23.7 Å². The van der Waals surface area contributed by atoms with Gasteiger partial charge in [0.2, 0.25) is 0 Å². The first kappa shape index (κ1) is 10.5. The van der Waals surface area contributed by atoms with Gasteiger partial charge >= 0.3 is 11.9 Å². The second-order valence-corrected chi connectivity index (χ2v) is 3.05. The number of rotatable bonds is 2. The highest BCUT2D eigenvalue weighted by Gasteiger charge is 2.09. The molecule has 0 spiro atoms. The number of hydrogen-bond acceptors (Lipinski definition) is 2. The van der Waals surface area contributed by atoms with Crippen molar-refractivity contribution in [2.75, 3.05) is 0 Å². The zero-order valence-electron chi connectivity index (χ0n) is 7.16. The van der Waals surface area contributed by atoms with E-state index in [1.807, 2.05) is 0 Å². The van der Waals surface area contributed by atoms with Gasteiger partial charge in [-0.2, -0.15) is 0 Å². The van der Waals surface area contributed by atoms with Crippen molar-refractivity contribution in [1.82, 2.24) is 5.32 Å². The van der Waals surface area contributed by atoms with Gasteiger partial charge in [-0.3, -0.25) is 4.79 Å². The molecule has 0 aliphatic rings. The van der Waals surface area contributed by atoms with E-state index in [0.717, 1.165) is 5.56 Å². The van der Waals surface area contributed by atoms with E-state index in [1.165, 1.54) is 0 Å². The first-order chi connectivity index (χ1) is 6.59. The Morgan fingerprint density at radius 2 is 2.14 bits per heavy atom. The summed E-state index contributed by atoms with van der Waals surface area (Å²) >= 11 is 5.69. The van der Waals surface area contributed by atoms with Crippen LogP contribution in [-0.2, 0) is 16.1 Å². The molecule has 0 aliphatic carbocycles. The van der Waals surface area contributed by atoms with Gasteiger partial charge in [-0.25, -0.2) is 4.79 Å². The summed E-state index contributed by atoms with van der Waals surface area (Å²) < 4.78 is 0. The summed E-state index contributed by atoms with van der Waals surface area (Å²) in [4.78, 5) is 20.8. The highest BCUT2D eigenvalue weighted by molar-refractivity contribution is 6.31. The normalized spacial score (nSPS) is 9.50. The maximum absolute atomic E-state index is 10.7. The molecule has 0 aromatic heterocycles. The standard InChI is InChI=1S/C9H8ClNO3/c10-7-3-1-2-6(4-7)5-11-8(12)9(13)14/h1-4H,5H2,(H,11,12)(H,13,14). The fourth-order valence-corrected chi connectivity index (χ4v) is 1.12. The molecule has 0 atom stereocenters. The van der Waals surface area contributed by atoms with Gasteiger partial charge in [0.25, 0.3) is 0 Å². The molecule has 14 heavy (non-hydrogen) atoms. The molecule has 0 aliphatic heterocycles. The van der Waals surface area contributed by atoms with Crippen LogP contribution in [0, 0.1) is 0 Å². The van der Waals surface area contributed by atoms with Crippen molar-refractivity contribution >= 4 is 23.5 Å². The summed E-state index contributed by atoms with van der Waals surface area (Å²) in [5.41, 5.74) is 0.757. The molecular weight excluding hydrogens is 206 g/mol. The summed E-state index contributed by atoms with van der Waals surface area (Å²) in [6.45, 7) is 0.158. The van der Waals surface area contributed by atoms with E-state index >= 15 is 0 Å². The number of aliphatic carboxylic acids is 1. The van der Waals surface area contributed by atoms with Gasteiger partial charge in [0.05, 0.1) is 0 Å². The van der Waals surface area contributed by atoms with Crippen LogP contribution >= 0.6 is 11.6 Å². The Labute approximate surface area is 85.5 Å². The molecule has 0 radical (unpaired) electrons. The van der Waals surface area contributed by atoms with Gasteiger partial charge in [-0.05, 0) is 17.7 Å². The topological polar surface area (TPSA) is 66.4 Å².